The molecular weight excluding hydrogens is 256 g/mol. The van der Waals surface area contributed by atoms with E-state index in [0.717, 1.165) is 45.1 Å². The lowest BCUT2D eigenvalue weighted by Crippen LogP contribution is -2.38. The molecule has 0 spiro atoms. The zero-order valence-corrected chi connectivity index (χ0v) is 13.1. The van der Waals surface area contributed by atoms with Gasteiger partial charge in [-0.25, -0.2) is 0 Å². The van der Waals surface area contributed by atoms with E-state index in [2.05, 4.69) is 51.2 Å². The molecule has 0 atom stereocenters. The Morgan fingerprint density at radius 1 is 1.32 bits per heavy atom. The van der Waals surface area contributed by atoms with Gasteiger partial charge < -0.3 is 15.5 Å². The van der Waals surface area contributed by atoms with Crippen LogP contribution in [0.1, 0.15) is 25.8 Å². The van der Waals surface area contributed by atoms with E-state index in [1.165, 1.54) is 5.56 Å². The van der Waals surface area contributed by atoms with E-state index < -0.39 is 0 Å². The highest BCUT2D eigenvalue weighted by Gasteiger charge is 2.00. The first-order valence-corrected chi connectivity index (χ1v) is 7.92. The molecule has 1 rings (SSSR count). The van der Waals surface area contributed by atoms with E-state index in [-0.39, 0.29) is 0 Å². The van der Waals surface area contributed by atoms with Gasteiger partial charge in [0, 0.05) is 20.1 Å². The molecule has 0 amide bonds. The molecule has 0 aliphatic carbocycles. The van der Waals surface area contributed by atoms with Gasteiger partial charge in [0.2, 0.25) is 0 Å². The van der Waals surface area contributed by atoms with Crippen molar-refractivity contribution in [3.05, 3.63) is 22.4 Å². The third kappa shape index (κ3) is 6.59. The van der Waals surface area contributed by atoms with Gasteiger partial charge in [-0.2, -0.15) is 11.3 Å². The minimum absolute atomic E-state index is 0.833. The van der Waals surface area contributed by atoms with Gasteiger partial charge in [0.15, 0.2) is 5.96 Å². The Morgan fingerprint density at radius 3 is 2.68 bits per heavy atom. The lowest BCUT2D eigenvalue weighted by atomic mass is 10.3. The van der Waals surface area contributed by atoms with Crippen LogP contribution in [0.4, 0.5) is 0 Å². The van der Waals surface area contributed by atoms with Crippen molar-refractivity contribution >= 4 is 17.3 Å². The van der Waals surface area contributed by atoms with Crippen molar-refractivity contribution in [3.8, 4) is 0 Å². The Labute approximate surface area is 120 Å². The highest BCUT2D eigenvalue weighted by molar-refractivity contribution is 7.07. The fourth-order valence-corrected chi connectivity index (χ4v) is 2.52. The smallest absolute Gasteiger partial charge is 0.191 e. The number of guanidine groups is 1. The van der Waals surface area contributed by atoms with Gasteiger partial charge in [-0.15, -0.1) is 0 Å². The predicted octanol–water partition coefficient (Wildman–Crippen LogP) is 2.14. The van der Waals surface area contributed by atoms with E-state index in [4.69, 9.17) is 0 Å². The van der Waals surface area contributed by atoms with Gasteiger partial charge in [0.25, 0.3) is 0 Å². The zero-order valence-electron chi connectivity index (χ0n) is 12.3. The lowest BCUT2D eigenvalue weighted by Gasteiger charge is -2.18. The van der Waals surface area contributed by atoms with Gasteiger partial charge in [-0.3, -0.25) is 4.99 Å². The first-order valence-electron chi connectivity index (χ1n) is 6.98. The van der Waals surface area contributed by atoms with Gasteiger partial charge in [0.05, 0.1) is 0 Å². The Balaban J connectivity index is 2.15. The second-order valence-corrected chi connectivity index (χ2v) is 5.14. The number of aliphatic imine (C=N–C) groups is 1. The molecule has 1 aromatic rings. The van der Waals surface area contributed by atoms with Crippen molar-refractivity contribution in [2.45, 2.75) is 26.8 Å². The molecule has 0 unspecified atom stereocenters. The van der Waals surface area contributed by atoms with Crippen LogP contribution in [0.5, 0.6) is 0 Å². The van der Waals surface area contributed by atoms with Gasteiger partial charge in [-0.05, 0) is 48.4 Å². The maximum Gasteiger partial charge on any atom is 0.191 e. The Hall–Kier alpha value is -1.07. The first-order chi connectivity index (χ1) is 9.30. The second-order valence-electron chi connectivity index (χ2n) is 4.36. The Bertz CT molecular complexity index is 344. The maximum absolute atomic E-state index is 4.23. The number of nitrogens with zero attached hydrogens (tertiary/aromatic N) is 2. The molecule has 0 saturated heterocycles. The molecule has 0 fully saturated rings. The molecule has 5 heteroatoms. The zero-order chi connectivity index (χ0) is 13.9. The van der Waals surface area contributed by atoms with Crippen molar-refractivity contribution in [2.24, 2.45) is 4.99 Å². The average molecular weight is 282 g/mol. The van der Waals surface area contributed by atoms with E-state index in [9.17, 15) is 0 Å². The number of thiophene rings is 1. The summed E-state index contributed by atoms with van der Waals surface area (Å²) in [6.07, 6.45) is 1.14. The van der Waals surface area contributed by atoms with Crippen molar-refractivity contribution in [1.29, 1.82) is 0 Å². The molecule has 0 bridgehead atoms. The molecule has 19 heavy (non-hydrogen) atoms. The highest BCUT2D eigenvalue weighted by Crippen LogP contribution is 2.04. The molecule has 108 valence electrons. The second kappa shape index (κ2) is 9.81. The van der Waals surface area contributed by atoms with Crippen LogP contribution in [0, 0.1) is 0 Å². The summed E-state index contributed by atoms with van der Waals surface area (Å²) in [6.45, 7) is 9.60. The standard InChI is InChI=1S/C14H26N4S/c1-4-18(5-2)9-6-8-16-14(15-3)17-11-13-7-10-19-12-13/h7,10,12H,4-6,8-9,11H2,1-3H3,(H2,15,16,17). The number of rotatable bonds is 8. The summed E-state index contributed by atoms with van der Waals surface area (Å²) in [6, 6.07) is 2.13. The summed E-state index contributed by atoms with van der Waals surface area (Å²) in [5.74, 6) is 0.880. The van der Waals surface area contributed by atoms with Crippen LogP contribution >= 0.6 is 11.3 Å². The molecule has 0 aliphatic heterocycles. The topological polar surface area (TPSA) is 39.7 Å². The maximum atomic E-state index is 4.23. The average Bonchev–Trinajstić information content (AvgIpc) is 2.95. The van der Waals surface area contributed by atoms with Crippen LogP contribution in [0.15, 0.2) is 21.8 Å². The van der Waals surface area contributed by atoms with Gasteiger partial charge in [0.1, 0.15) is 0 Å². The number of hydrogen-bond donors (Lipinski definition) is 2. The monoisotopic (exact) mass is 282 g/mol. The summed E-state index contributed by atoms with van der Waals surface area (Å²) < 4.78 is 0. The van der Waals surface area contributed by atoms with Crippen molar-refractivity contribution in [2.75, 3.05) is 33.2 Å². The lowest BCUT2D eigenvalue weighted by molar-refractivity contribution is 0.300. The highest BCUT2D eigenvalue weighted by atomic mass is 32.1. The Kier molecular flexibility index (Phi) is 8.25. The van der Waals surface area contributed by atoms with Crippen LogP contribution in [0.2, 0.25) is 0 Å². The van der Waals surface area contributed by atoms with E-state index in [1.807, 2.05) is 7.05 Å². The molecular formula is C14H26N4S. The van der Waals surface area contributed by atoms with E-state index >= 15 is 0 Å². The molecule has 1 aromatic heterocycles. The van der Waals surface area contributed by atoms with Gasteiger partial charge >= 0.3 is 0 Å². The SMILES string of the molecule is CCN(CC)CCCNC(=NC)NCc1ccsc1. The summed E-state index contributed by atoms with van der Waals surface area (Å²) in [7, 11) is 1.81. The molecule has 2 N–H and O–H groups in total. The molecule has 0 radical (unpaired) electrons. The third-order valence-corrected chi connectivity index (χ3v) is 3.83. The number of nitrogens with one attached hydrogen (secondary N) is 2. The largest absolute Gasteiger partial charge is 0.356 e. The summed E-state index contributed by atoms with van der Waals surface area (Å²) in [5.41, 5.74) is 1.30. The predicted molar refractivity (Wildman–Crippen MR) is 84.9 cm³/mol. The van der Waals surface area contributed by atoms with Gasteiger partial charge in [-0.1, -0.05) is 13.8 Å². The minimum atomic E-state index is 0.833. The normalized spacial score (nSPS) is 11.9. The van der Waals surface area contributed by atoms with Crippen molar-refractivity contribution in [1.82, 2.24) is 15.5 Å². The van der Waals surface area contributed by atoms with E-state index in [1.54, 1.807) is 11.3 Å². The summed E-state index contributed by atoms with van der Waals surface area (Å²) in [5, 5.41) is 10.9. The van der Waals surface area contributed by atoms with Crippen LogP contribution in [0.25, 0.3) is 0 Å². The molecule has 1 heterocycles. The minimum Gasteiger partial charge on any atom is -0.356 e. The van der Waals surface area contributed by atoms with Crippen LogP contribution in [-0.2, 0) is 6.54 Å². The van der Waals surface area contributed by atoms with Crippen molar-refractivity contribution < 1.29 is 0 Å². The molecule has 0 saturated carbocycles. The third-order valence-electron chi connectivity index (χ3n) is 3.10. The summed E-state index contributed by atoms with van der Waals surface area (Å²) in [4.78, 5) is 6.66. The van der Waals surface area contributed by atoms with E-state index in [0.29, 0.717) is 0 Å². The van der Waals surface area contributed by atoms with Crippen molar-refractivity contribution in [3.63, 3.8) is 0 Å². The fraction of sp³-hybridized carbons (Fsp3) is 0.643. The van der Waals surface area contributed by atoms with Crippen LogP contribution < -0.4 is 10.6 Å². The molecule has 0 aliphatic rings. The fourth-order valence-electron chi connectivity index (χ4n) is 1.85. The van der Waals surface area contributed by atoms with Crippen LogP contribution in [-0.4, -0.2) is 44.1 Å². The number of hydrogen-bond acceptors (Lipinski definition) is 3. The molecule has 0 aromatic carbocycles. The Morgan fingerprint density at radius 2 is 2.11 bits per heavy atom. The van der Waals surface area contributed by atoms with Crippen LogP contribution in [0.3, 0.4) is 0 Å². The quantitative estimate of drug-likeness (QED) is 0.436. The first kappa shape index (κ1) is 16.0. The molecule has 4 nitrogen and oxygen atoms in total. The summed E-state index contributed by atoms with van der Waals surface area (Å²) >= 11 is 1.72.